The molecule has 1 saturated heterocycles. The third-order valence-electron chi connectivity index (χ3n) is 9.46. The van der Waals surface area contributed by atoms with E-state index in [0.717, 1.165) is 0 Å². The Morgan fingerprint density at radius 3 is 2.39 bits per heavy atom. The van der Waals surface area contributed by atoms with Crippen LogP contribution in [0.15, 0.2) is 66.7 Å². The molecule has 54 heavy (non-hydrogen) atoms. The molecule has 0 unspecified atom stereocenters. The summed E-state index contributed by atoms with van der Waals surface area (Å²) in [7, 11) is -3.93. The van der Waals surface area contributed by atoms with E-state index < -0.39 is 80.3 Å². The molecule has 0 radical (unpaired) electrons. The van der Waals surface area contributed by atoms with Crippen molar-refractivity contribution in [1.82, 2.24) is 20.3 Å². The zero-order valence-corrected chi connectivity index (χ0v) is 31.3. The predicted octanol–water partition coefficient (Wildman–Crippen LogP) is 3.35. The molecule has 2 aliphatic heterocycles. The predicted molar refractivity (Wildman–Crippen MR) is 194 cm³/mol. The minimum absolute atomic E-state index is 0.142. The first kappa shape index (κ1) is 38.8. The molecule has 0 aromatic heterocycles. The summed E-state index contributed by atoms with van der Waals surface area (Å²) in [5, 5.41) is 4.67. The van der Waals surface area contributed by atoms with E-state index in [9.17, 15) is 32.4 Å². The molecular formula is C38H46N4O11S. The van der Waals surface area contributed by atoms with Crippen LogP contribution in [-0.2, 0) is 38.6 Å². The Morgan fingerprint density at radius 1 is 1.00 bits per heavy atom. The molecule has 3 fully saturated rings. The zero-order chi connectivity index (χ0) is 38.7. The van der Waals surface area contributed by atoms with Crippen molar-refractivity contribution in [3.8, 4) is 11.5 Å². The molecule has 0 spiro atoms. The van der Waals surface area contributed by atoms with Gasteiger partial charge in [-0.1, -0.05) is 30.4 Å². The Kier molecular flexibility index (Phi) is 11.3. The molecule has 2 saturated carbocycles. The quantitative estimate of drug-likeness (QED) is 0.263. The summed E-state index contributed by atoms with van der Waals surface area (Å²) in [5.74, 6) is -2.39. The maximum Gasteiger partial charge on any atom is 0.408 e. The van der Waals surface area contributed by atoms with Gasteiger partial charge in [-0.15, -0.1) is 0 Å². The summed E-state index contributed by atoms with van der Waals surface area (Å²) < 4.78 is 50.5. The summed E-state index contributed by atoms with van der Waals surface area (Å²) in [4.78, 5) is 69.4. The van der Waals surface area contributed by atoms with Crippen LogP contribution < -0.4 is 20.1 Å². The highest BCUT2D eigenvalue weighted by molar-refractivity contribution is 7.91. The van der Waals surface area contributed by atoms with Gasteiger partial charge in [0.05, 0.1) is 24.0 Å². The van der Waals surface area contributed by atoms with Gasteiger partial charge in [-0.3, -0.25) is 19.1 Å². The Morgan fingerprint density at radius 2 is 1.70 bits per heavy atom. The lowest BCUT2D eigenvalue weighted by atomic mass is 10.1. The fraction of sp³-hybridized carbons (Fsp3) is 0.500. The van der Waals surface area contributed by atoms with Crippen molar-refractivity contribution in [3.63, 3.8) is 0 Å². The number of carbonyl (C=O) groups excluding carboxylic acids is 5. The summed E-state index contributed by atoms with van der Waals surface area (Å²) in [6, 6.07) is 12.9. The highest BCUT2D eigenvalue weighted by Gasteiger charge is 2.62. The first-order valence-corrected chi connectivity index (χ1v) is 19.6. The summed E-state index contributed by atoms with van der Waals surface area (Å²) in [5.41, 5.74) is -2.24. The number of benzene rings is 2. The van der Waals surface area contributed by atoms with E-state index in [0.29, 0.717) is 37.2 Å². The average molecular weight is 767 g/mol. The smallest absolute Gasteiger partial charge is 0.408 e. The average Bonchev–Trinajstić information content (AvgIpc) is 4.04. The van der Waals surface area contributed by atoms with Gasteiger partial charge >= 0.3 is 12.1 Å². The first-order valence-electron chi connectivity index (χ1n) is 18.1. The molecular weight excluding hydrogens is 721 g/mol. The number of sulfonamides is 1. The molecule has 2 aromatic rings. The van der Waals surface area contributed by atoms with Gasteiger partial charge in [0.1, 0.15) is 40.8 Å². The SMILES string of the molecule is CC(C)(C)OC(=O)N[C@H]1COCCC/C=C\[C@H]2C[C@@]2(C(=O)NS(=O)(=O)C2CC2)NC(=O)[C@@H]2C[C@@H](OC(=O)c3ccc(Oc4ccccc4)cc3)CN2C1=O. The number of carbonyl (C=O) groups is 5. The molecule has 4 aliphatic rings. The van der Waals surface area contributed by atoms with Crippen LogP contribution >= 0.6 is 0 Å². The van der Waals surface area contributed by atoms with Crippen LogP contribution in [0.2, 0.25) is 0 Å². The summed E-state index contributed by atoms with van der Waals surface area (Å²) >= 11 is 0. The lowest BCUT2D eigenvalue weighted by Gasteiger charge is -2.30. The third kappa shape index (κ3) is 9.58. The van der Waals surface area contributed by atoms with Crippen molar-refractivity contribution in [3.05, 3.63) is 72.3 Å². The normalized spacial score (nSPS) is 26.8. The minimum Gasteiger partial charge on any atom is -0.457 e. The van der Waals surface area contributed by atoms with E-state index in [1.165, 1.54) is 17.0 Å². The molecule has 0 bridgehead atoms. The standard InChI is InChI=1S/C38H46N4O11S/c1-37(2,3)53-36(47)39-30-23-50-19-9-5-6-10-25-21-38(25,35(46)41-54(48,49)29-17-18-29)40-32(43)31-20-28(22-42(31)33(30)44)52-34(45)24-13-15-27(16-14-24)51-26-11-7-4-8-12-26/h4,6-8,10-16,25,28-31H,5,9,17-23H2,1-3H3,(H,39,47)(H,40,43)(H,41,46)/b10-6-/t25-,28+,30-,31-,38+/m0/s1. The van der Waals surface area contributed by atoms with Crippen LogP contribution in [0.4, 0.5) is 4.79 Å². The number of esters is 1. The Balaban J connectivity index is 1.23. The minimum atomic E-state index is -3.93. The van der Waals surface area contributed by atoms with E-state index >= 15 is 0 Å². The van der Waals surface area contributed by atoms with Crippen LogP contribution in [0.25, 0.3) is 0 Å². The molecule has 4 amide bonds. The van der Waals surface area contributed by atoms with Crippen LogP contribution in [0.1, 0.15) is 69.7 Å². The van der Waals surface area contributed by atoms with Crippen LogP contribution in [0, 0.1) is 5.92 Å². The Bertz CT molecular complexity index is 1880. The van der Waals surface area contributed by atoms with Crippen molar-refractivity contribution in [2.24, 2.45) is 5.92 Å². The van der Waals surface area contributed by atoms with Crippen LogP contribution in [0.3, 0.4) is 0 Å². The summed E-state index contributed by atoms with van der Waals surface area (Å²) in [6.07, 6.45) is 3.75. The van der Waals surface area contributed by atoms with Crippen LogP contribution in [-0.4, -0.2) is 97.4 Å². The molecule has 16 heteroatoms. The molecule has 5 atom stereocenters. The molecule has 3 N–H and O–H groups in total. The van der Waals surface area contributed by atoms with Crippen molar-refractivity contribution >= 4 is 39.8 Å². The highest BCUT2D eigenvalue weighted by Crippen LogP contribution is 2.46. The van der Waals surface area contributed by atoms with Gasteiger partial charge in [0, 0.05) is 18.9 Å². The van der Waals surface area contributed by atoms with Gasteiger partial charge in [0.15, 0.2) is 0 Å². The number of rotatable bonds is 8. The Labute approximate surface area is 314 Å². The number of fused-ring (bicyclic) bond motifs is 2. The van der Waals surface area contributed by atoms with Gasteiger partial charge in [0.2, 0.25) is 21.8 Å². The second kappa shape index (κ2) is 15.8. The van der Waals surface area contributed by atoms with E-state index in [4.69, 9.17) is 18.9 Å². The number of allylic oxidation sites excluding steroid dienone is 1. The van der Waals surface area contributed by atoms with Crippen molar-refractivity contribution in [2.75, 3.05) is 19.8 Å². The number of hydrogen-bond donors (Lipinski definition) is 3. The largest absolute Gasteiger partial charge is 0.457 e. The second-order valence-electron chi connectivity index (χ2n) is 15.0. The van der Waals surface area contributed by atoms with E-state index in [-0.39, 0.29) is 38.2 Å². The lowest BCUT2D eigenvalue weighted by Crippen LogP contribution is -2.59. The molecule has 2 aromatic carbocycles. The van der Waals surface area contributed by atoms with Gasteiger partial charge in [-0.2, -0.15) is 0 Å². The van der Waals surface area contributed by atoms with Crippen LogP contribution in [0.5, 0.6) is 11.5 Å². The maximum absolute atomic E-state index is 14.2. The summed E-state index contributed by atoms with van der Waals surface area (Å²) in [6.45, 7) is 4.80. The zero-order valence-electron chi connectivity index (χ0n) is 30.4. The van der Waals surface area contributed by atoms with Gasteiger partial charge in [-0.25, -0.2) is 18.0 Å². The van der Waals surface area contributed by atoms with Gasteiger partial charge in [0.25, 0.3) is 5.91 Å². The number of nitrogens with one attached hydrogen (secondary N) is 3. The number of hydrogen-bond acceptors (Lipinski definition) is 11. The third-order valence-corrected chi connectivity index (χ3v) is 11.3. The molecule has 15 nitrogen and oxygen atoms in total. The number of ether oxygens (including phenoxy) is 4. The van der Waals surface area contributed by atoms with Crippen molar-refractivity contribution < 1.29 is 51.3 Å². The van der Waals surface area contributed by atoms with Gasteiger partial charge in [-0.05, 0) is 89.3 Å². The van der Waals surface area contributed by atoms with Crippen molar-refractivity contribution in [2.45, 2.75) is 93.9 Å². The molecule has 2 heterocycles. The maximum atomic E-state index is 14.2. The number of alkyl carbamates (subject to hydrolysis) is 1. The molecule has 6 rings (SSSR count). The lowest BCUT2D eigenvalue weighted by molar-refractivity contribution is -0.142. The molecule has 2 aliphatic carbocycles. The Hall–Kier alpha value is -4.96. The number of nitrogens with zero attached hydrogens (tertiary/aromatic N) is 1. The fourth-order valence-corrected chi connectivity index (χ4v) is 7.80. The number of amides is 4. The molecule has 290 valence electrons. The fourth-order valence-electron chi connectivity index (χ4n) is 6.43. The topological polar surface area (TPSA) is 196 Å². The first-order chi connectivity index (χ1) is 25.6. The van der Waals surface area contributed by atoms with E-state index in [2.05, 4.69) is 15.4 Å². The van der Waals surface area contributed by atoms with Gasteiger partial charge < -0.3 is 34.5 Å². The second-order valence-corrected chi connectivity index (χ2v) is 17.0. The van der Waals surface area contributed by atoms with E-state index in [1.54, 1.807) is 51.1 Å². The van der Waals surface area contributed by atoms with E-state index in [1.807, 2.05) is 24.3 Å². The van der Waals surface area contributed by atoms with Crippen molar-refractivity contribution in [1.29, 1.82) is 0 Å². The monoisotopic (exact) mass is 766 g/mol. The highest BCUT2D eigenvalue weighted by atomic mass is 32.2. The number of para-hydroxylation sites is 1.